The summed E-state index contributed by atoms with van der Waals surface area (Å²) in [6.45, 7) is 0. The molecule has 6 heteroatoms. The van der Waals surface area contributed by atoms with Gasteiger partial charge in [-0.3, -0.25) is 0 Å². The molecule has 0 amide bonds. The highest BCUT2D eigenvalue weighted by molar-refractivity contribution is 5.89. The number of hydrogen-bond donors (Lipinski definition) is 2. The van der Waals surface area contributed by atoms with Crippen LogP contribution in [0.15, 0.2) is 36.5 Å². The third kappa shape index (κ3) is 2.25. The number of nitrogens with zero attached hydrogens (tertiary/aromatic N) is 4. The van der Waals surface area contributed by atoms with E-state index in [4.69, 9.17) is 5.73 Å². The number of nitrogens with two attached hydrogens (primary N) is 1. The highest BCUT2D eigenvalue weighted by Gasteiger charge is 2.29. The molecule has 0 aliphatic heterocycles. The van der Waals surface area contributed by atoms with E-state index in [9.17, 15) is 10.4 Å². The van der Waals surface area contributed by atoms with Crippen LogP contribution in [0.2, 0.25) is 0 Å². The van der Waals surface area contributed by atoms with E-state index in [1.165, 1.54) is 0 Å². The number of rotatable bonds is 2. The standard InChI is InChI=1S/C20H17N5O/c1-25(2)17-7-6-11(10-23-17)18-14-8-13-12(4-3-5-16(13)26)19(14)24-20(22)15(18)9-21/h3-7,10,26H,8H2,1-2H3,(H2,22,24). The van der Waals surface area contributed by atoms with Crippen LogP contribution in [0.1, 0.15) is 16.7 Å². The van der Waals surface area contributed by atoms with Gasteiger partial charge in [0, 0.05) is 49.0 Å². The van der Waals surface area contributed by atoms with Gasteiger partial charge in [0.1, 0.15) is 29.0 Å². The van der Waals surface area contributed by atoms with Gasteiger partial charge in [-0.25, -0.2) is 9.97 Å². The van der Waals surface area contributed by atoms with Crippen LogP contribution in [-0.2, 0) is 6.42 Å². The average Bonchev–Trinajstić information content (AvgIpc) is 3.00. The SMILES string of the molecule is CN(C)c1ccc(-c2c(C#N)c(N)nc3c2Cc2c(O)cccc2-3)cn1. The van der Waals surface area contributed by atoms with Crippen LogP contribution < -0.4 is 10.6 Å². The lowest BCUT2D eigenvalue weighted by molar-refractivity contribution is 0.470. The summed E-state index contributed by atoms with van der Waals surface area (Å²) in [5.74, 6) is 1.24. The summed E-state index contributed by atoms with van der Waals surface area (Å²) in [5, 5.41) is 19.9. The molecule has 0 saturated heterocycles. The van der Waals surface area contributed by atoms with E-state index >= 15 is 0 Å². The predicted molar refractivity (Wildman–Crippen MR) is 101 cm³/mol. The zero-order valence-corrected chi connectivity index (χ0v) is 14.5. The van der Waals surface area contributed by atoms with Crippen LogP contribution in [-0.4, -0.2) is 29.2 Å². The number of aromatic hydroxyl groups is 1. The fraction of sp³-hybridized carbons (Fsp3) is 0.150. The molecule has 6 nitrogen and oxygen atoms in total. The maximum atomic E-state index is 10.2. The maximum absolute atomic E-state index is 10.2. The molecular weight excluding hydrogens is 326 g/mol. The molecule has 2 aromatic heterocycles. The summed E-state index contributed by atoms with van der Waals surface area (Å²) in [4.78, 5) is 10.8. The first kappa shape index (κ1) is 15.9. The smallest absolute Gasteiger partial charge is 0.142 e. The monoisotopic (exact) mass is 343 g/mol. The van der Waals surface area contributed by atoms with E-state index in [0.717, 1.165) is 39.3 Å². The van der Waals surface area contributed by atoms with Gasteiger partial charge >= 0.3 is 0 Å². The lowest BCUT2D eigenvalue weighted by Gasteiger charge is -2.15. The van der Waals surface area contributed by atoms with E-state index in [-0.39, 0.29) is 11.6 Å². The van der Waals surface area contributed by atoms with Crippen molar-refractivity contribution in [3.05, 3.63) is 53.2 Å². The number of phenolic OH excluding ortho intramolecular Hbond substituents is 1. The first-order valence-electron chi connectivity index (χ1n) is 8.18. The Labute approximate surface area is 151 Å². The number of nitriles is 1. The highest BCUT2D eigenvalue weighted by Crippen LogP contribution is 2.45. The fourth-order valence-corrected chi connectivity index (χ4v) is 3.43. The largest absolute Gasteiger partial charge is 0.508 e. The van der Waals surface area contributed by atoms with Crippen molar-refractivity contribution in [3.63, 3.8) is 0 Å². The molecule has 0 fully saturated rings. The molecule has 0 saturated carbocycles. The average molecular weight is 343 g/mol. The minimum absolute atomic E-state index is 0.189. The summed E-state index contributed by atoms with van der Waals surface area (Å²) in [6, 6.07) is 11.4. The molecule has 0 radical (unpaired) electrons. The minimum atomic E-state index is 0.189. The van der Waals surface area contributed by atoms with Gasteiger partial charge in [-0.1, -0.05) is 12.1 Å². The molecule has 0 spiro atoms. The number of nitrogen functional groups attached to an aromatic ring is 1. The molecule has 26 heavy (non-hydrogen) atoms. The van der Waals surface area contributed by atoms with E-state index in [0.29, 0.717) is 12.0 Å². The van der Waals surface area contributed by atoms with Gasteiger partial charge in [-0.15, -0.1) is 0 Å². The number of aromatic nitrogens is 2. The van der Waals surface area contributed by atoms with Crippen molar-refractivity contribution in [1.82, 2.24) is 9.97 Å². The van der Waals surface area contributed by atoms with Gasteiger partial charge in [0.25, 0.3) is 0 Å². The zero-order valence-electron chi connectivity index (χ0n) is 14.5. The number of benzene rings is 1. The Morgan fingerprint density at radius 2 is 2.00 bits per heavy atom. The molecule has 4 rings (SSSR count). The second-order valence-corrected chi connectivity index (χ2v) is 6.47. The molecule has 0 atom stereocenters. The van der Waals surface area contributed by atoms with E-state index in [1.807, 2.05) is 37.2 Å². The normalized spacial score (nSPS) is 11.6. The third-order valence-electron chi connectivity index (χ3n) is 4.69. The van der Waals surface area contributed by atoms with Gasteiger partial charge in [0.15, 0.2) is 0 Å². The number of anilines is 2. The lowest BCUT2D eigenvalue weighted by atomic mass is 9.95. The Kier molecular flexibility index (Phi) is 3.51. The van der Waals surface area contributed by atoms with Crippen LogP contribution >= 0.6 is 0 Å². The summed E-state index contributed by atoms with van der Waals surface area (Å²) < 4.78 is 0. The Morgan fingerprint density at radius 3 is 2.65 bits per heavy atom. The third-order valence-corrected chi connectivity index (χ3v) is 4.69. The number of hydrogen-bond acceptors (Lipinski definition) is 6. The first-order valence-corrected chi connectivity index (χ1v) is 8.18. The van der Waals surface area contributed by atoms with Gasteiger partial charge in [-0.2, -0.15) is 5.26 Å². The van der Waals surface area contributed by atoms with Crippen molar-refractivity contribution in [2.45, 2.75) is 6.42 Å². The van der Waals surface area contributed by atoms with E-state index < -0.39 is 0 Å². The lowest BCUT2D eigenvalue weighted by Crippen LogP contribution is -2.10. The van der Waals surface area contributed by atoms with E-state index in [1.54, 1.807) is 18.3 Å². The zero-order chi connectivity index (χ0) is 18.4. The molecular formula is C20H17N5O. The topological polar surface area (TPSA) is 99.1 Å². The van der Waals surface area contributed by atoms with Crippen LogP contribution in [0.25, 0.3) is 22.4 Å². The maximum Gasteiger partial charge on any atom is 0.142 e. The number of pyridine rings is 2. The molecule has 1 aliphatic carbocycles. The molecule has 3 N–H and O–H groups in total. The molecule has 0 bridgehead atoms. The van der Waals surface area contributed by atoms with Crippen molar-refractivity contribution in [3.8, 4) is 34.2 Å². The van der Waals surface area contributed by atoms with Crippen LogP contribution in [0.5, 0.6) is 5.75 Å². The van der Waals surface area contributed by atoms with Gasteiger partial charge in [-0.05, 0) is 23.8 Å². The van der Waals surface area contributed by atoms with Gasteiger partial charge < -0.3 is 15.7 Å². The predicted octanol–water partition coefficient (Wildman–Crippen LogP) is 2.94. The fourth-order valence-electron chi connectivity index (χ4n) is 3.43. The molecule has 3 aromatic rings. The molecule has 128 valence electrons. The summed E-state index contributed by atoms with van der Waals surface area (Å²) in [5.41, 5.74) is 11.3. The van der Waals surface area contributed by atoms with Crippen molar-refractivity contribution < 1.29 is 5.11 Å². The van der Waals surface area contributed by atoms with Crippen LogP contribution in [0.4, 0.5) is 11.6 Å². The van der Waals surface area contributed by atoms with Crippen molar-refractivity contribution >= 4 is 11.6 Å². The number of fused-ring (bicyclic) bond motifs is 3. The van der Waals surface area contributed by atoms with Crippen molar-refractivity contribution in [2.24, 2.45) is 0 Å². The van der Waals surface area contributed by atoms with Crippen LogP contribution in [0, 0.1) is 11.3 Å². The summed E-state index contributed by atoms with van der Waals surface area (Å²) >= 11 is 0. The van der Waals surface area contributed by atoms with Gasteiger partial charge in [0.05, 0.1) is 5.69 Å². The molecule has 1 aliphatic rings. The minimum Gasteiger partial charge on any atom is -0.508 e. The molecule has 2 heterocycles. The Balaban J connectivity index is 1.98. The van der Waals surface area contributed by atoms with E-state index in [2.05, 4.69) is 16.0 Å². The second kappa shape index (κ2) is 5.74. The van der Waals surface area contributed by atoms with Crippen LogP contribution in [0.3, 0.4) is 0 Å². The van der Waals surface area contributed by atoms with Crippen molar-refractivity contribution in [1.29, 1.82) is 5.26 Å². The van der Waals surface area contributed by atoms with Crippen molar-refractivity contribution in [2.75, 3.05) is 24.7 Å². The Bertz CT molecular complexity index is 1070. The Hall–Kier alpha value is -3.59. The summed E-state index contributed by atoms with van der Waals surface area (Å²) in [6.07, 6.45) is 2.25. The molecule has 1 aromatic carbocycles. The second-order valence-electron chi connectivity index (χ2n) is 6.47. The highest BCUT2D eigenvalue weighted by atomic mass is 16.3. The number of phenols is 1. The quantitative estimate of drug-likeness (QED) is 0.580. The summed E-state index contributed by atoms with van der Waals surface area (Å²) in [7, 11) is 3.84. The molecule has 0 unspecified atom stereocenters. The first-order chi connectivity index (χ1) is 12.5. The van der Waals surface area contributed by atoms with Gasteiger partial charge in [0.2, 0.25) is 0 Å². The Morgan fingerprint density at radius 1 is 1.19 bits per heavy atom.